The minimum absolute atomic E-state index is 0.0612. The minimum atomic E-state index is -0.631. The Morgan fingerprint density at radius 3 is 2.64 bits per heavy atom. The molecule has 2 amide bonds. The first-order valence-corrected chi connectivity index (χ1v) is 15.2. The molecule has 2 fully saturated rings. The molecule has 2 aromatic carbocycles. The summed E-state index contributed by atoms with van der Waals surface area (Å²) in [7, 11) is 2.10. The van der Waals surface area contributed by atoms with Crippen LogP contribution in [0.3, 0.4) is 0 Å². The third-order valence-corrected chi connectivity index (χ3v) is 8.84. The number of carbonyl (C=O) groups is 2. The number of aromatic nitrogens is 2. The maximum atomic E-state index is 15.5. The van der Waals surface area contributed by atoms with Gasteiger partial charge in [-0.2, -0.15) is 0 Å². The summed E-state index contributed by atoms with van der Waals surface area (Å²) < 4.78 is 29.6. The summed E-state index contributed by atoms with van der Waals surface area (Å²) in [4.78, 5) is 35.0. The SMILES string of the molecule is CN1CCC(NC(=O)c2ccc3c(c2)sc2nc(-c4ccc(C5COCCN5C(=O)OC(C)(C)C)cc4F)cn23)CC1. The van der Waals surface area contributed by atoms with Crippen LogP contribution in [-0.4, -0.2) is 82.7 Å². The molecule has 9 nitrogen and oxygen atoms in total. The Balaban J connectivity index is 1.21. The fourth-order valence-corrected chi connectivity index (χ4v) is 6.61. The van der Waals surface area contributed by atoms with Crippen molar-refractivity contribution >= 4 is 38.5 Å². The zero-order valence-corrected chi connectivity index (χ0v) is 25.2. The fraction of sp³-hybridized carbons (Fsp3) is 0.452. The Bertz CT molecular complexity index is 1640. The number of amides is 2. The molecule has 0 spiro atoms. The number of thiazole rings is 1. The molecule has 222 valence electrons. The van der Waals surface area contributed by atoms with Crippen LogP contribution in [0.2, 0.25) is 0 Å². The molecule has 1 unspecified atom stereocenters. The van der Waals surface area contributed by atoms with Crippen molar-refractivity contribution in [3.05, 3.63) is 59.5 Å². The summed E-state index contributed by atoms with van der Waals surface area (Å²) in [5, 5.41) is 3.17. The summed E-state index contributed by atoms with van der Waals surface area (Å²) in [6, 6.07) is 10.4. The largest absolute Gasteiger partial charge is 0.444 e. The number of nitrogens with zero attached hydrogens (tertiary/aromatic N) is 4. The van der Waals surface area contributed by atoms with Gasteiger partial charge in [-0.25, -0.2) is 14.2 Å². The number of fused-ring (bicyclic) bond motifs is 3. The van der Waals surface area contributed by atoms with Gasteiger partial charge in [0.25, 0.3) is 5.91 Å². The summed E-state index contributed by atoms with van der Waals surface area (Å²) in [6.07, 6.45) is 3.28. The molecule has 6 rings (SSSR count). The van der Waals surface area contributed by atoms with E-state index in [9.17, 15) is 9.59 Å². The van der Waals surface area contributed by atoms with Gasteiger partial charge in [0.05, 0.1) is 35.2 Å². The van der Waals surface area contributed by atoms with E-state index in [0.29, 0.717) is 40.5 Å². The van der Waals surface area contributed by atoms with Gasteiger partial charge in [-0.3, -0.25) is 14.1 Å². The van der Waals surface area contributed by atoms with Gasteiger partial charge in [0, 0.05) is 29.9 Å². The van der Waals surface area contributed by atoms with Gasteiger partial charge >= 0.3 is 6.09 Å². The summed E-state index contributed by atoms with van der Waals surface area (Å²) in [5.74, 6) is -0.487. The maximum Gasteiger partial charge on any atom is 0.410 e. The number of nitrogens with one attached hydrogen (secondary N) is 1. The third-order valence-electron chi connectivity index (χ3n) is 7.82. The van der Waals surface area contributed by atoms with Crippen LogP contribution in [0, 0.1) is 5.82 Å². The molecule has 2 aliphatic heterocycles. The van der Waals surface area contributed by atoms with E-state index in [1.165, 1.54) is 17.4 Å². The molecular weight excluding hydrogens is 557 g/mol. The number of imidazole rings is 1. The average Bonchev–Trinajstić information content (AvgIpc) is 3.51. The minimum Gasteiger partial charge on any atom is -0.444 e. The van der Waals surface area contributed by atoms with Crippen molar-refractivity contribution in [2.45, 2.75) is 51.3 Å². The molecule has 0 aliphatic carbocycles. The monoisotopic (exact) mass is 593 g/mol. The second kappa shape index (κ2) is 11.3. The number of morpholine rings is 1. The first-order chi connectivity index (χ1) is 20.1. The van der Waals surface area contributed by atoms with Gasteiger partial charge in [0.1, 0.15) is 11.4 Å². The molecule has 0 bridgehead atoms. The standard InChI is InChI=1S/C31H36FN5O4S/c1-31(2,3)41-30(39)36-13-14-40-18-26(36)19-5-7-22(23(32)15-19)24-17-37-25-8-6-20(16-27(25)42-29(37)34-24)28(38)33-21-9-11-35(4)12-10-21/h5-8,15-17,21,26H,9-14,18H2,1-4H3,(H,33,38). The average molecular weight is 594 g/mol. The van der Waals surface area contributed by atoms with E-state index in [2.05, 4.69) is 17.3 Å². The predicted molar refractivity (Wildman–Crippen MR) is 160 cm³/mol. The second-order valence-electron chi connectivity index (χ2n) is 12.1. The highest BCUT2D eigenvalue weighted by molar-refractivity contribution is 7.23. The number of ether oxygens (including phenoxy) is 2. The highest BCUT2D eigenvalue weighted by Gasteiger charge is 2.32. The zero-order chi connectivity index (χ0) is 29.6. The molecule has 2 aliphatic rings. The maximum absolute atomic E-state index is 15.5. The molecule has 2 aromatic heterocycles. The third kappa shape index (κ3) is 5.86. The second-order valence-corrected chi connectivity index (χ2v) is 13.1. The summed E-state index contributed by atoms with van der Waals surface area (Å²) in [5.41, 5.74) is 2.43. The van der Waals surface area contributed by atoms with Crippen molar-refractivity contribution in [3.63, 3.8) is 0 Å². The van der Waals surface area contributed by atoms with Crippen molar-refractivity contribution < 1.29 is 23.5 Å². The lowest BCUT2D eigenvalue weighted by atomic mass is 10.0. The number of benzene rings is 2. The molecule has 1 N–H and O–H groups in total. The van der Waals surface area contributed by atoms with Gasteiger partial charge in [0.15, 0.2) is 4.96 Å². The number of likely N-dealkylation sites (tertiary alicyclic amines) is 1. The lowest BCUT2D eigenvalue weighted by Crippen LogP contribution is -2.45. The molecule has 4 heterocycles. The first kappa shape index (κ1) is 28.6. The molecular formula is C31H36FN5O4S. The van der Waals surface area contributed by atoms with E-state index < -0.39 is 23.6 Å². The Morgan fingerprint density at radius 1 is 1.12 bits per heavy atom. The van der Waals surface area contributed by atoms with Crippen molar-refractivity contribution in [2.24, 2.45) is 0 Å². The lowest BCUT2D eigenvalue weighted by Gasteiger charge is -2.36. The van der Waals surface area contributed by atoms with Gasteiger partial charge in [-0.1, -0.05) is 17.4 Å². The Morgan fingerprint density at radius 2 is 1.90 bits per heavy atom. The normalized spacial score (nSPS) is 19.0. The summed E-state index contributed by atoms with van der Waals surface area (Å²) >= 11 is 1.46. The van der Waals surface area contributed by atoms with Crippen LogP contribution in [0.25, 0.3) is 26.4 Å². The van der Waals surface area contributed by atoms with Crippen molar-refractivity contribution in [2.75, 3.05) is 39.9 Å². The molecule has 4 aromatic rings. The van der Waals surface area contributed by atoms with E-state index >= 15 is 4.39 Å². The van der Waals surface area contributed by atoms with Gasteiger partial charge < -0.3 is 19.7 Å². The molecule has 2 saturated heterocycles. The van der Waals surface area contributed by atoms with E-state index in [1.54, 1.807) is 11.0 Å². The number of halogens is 1. The highest BCUT2D eigenvalue weighted by atomic mass is 32.1. The smallest absolute Gasteiger partial charge is 0.410 e. The van der Waals surface area contributed by atoms with Crippen LogP contribution in [0.15, 0.2) is 42.6 Å². The topological polar surface area (TPSA) is 88.4 Å². The Hall–Kier alpha value is -3.54. The van der Waals surface area contributed by atoms with Gasteiger partial charge in [0.2, 0.25) is 0 Å². The van der Waals surface area contributed by atoms with Crippen LogP contribution in [0.4, 0.5) is 9.18 Å². The van der Waals surface area contributed by atoms with Crippen LogP contribution in [0.5, 0.6) is 0 Å². The fourth-order valence-electron chi connectivity index (χ4n) is 5.56. The quantitative estimate of drug-likeness (QED) is 0.337. The van der Waals surface area contributed by atoms with Crippen LogP contribution in [0.1, 0.15) is 55.6 Å². The van der Waals surface area contributed by atoms with Crippen molar-refractivity contribution in [1.29, 1.82) is 0 Å². The van der Waals surface area contributed by atoms with E-state index in [-0.39, 0.29) is 18.6 Å². The number of piperidine rings is 1. The predicted octanol–water partition coefficient (Wildman–Crippen LogP) is 5.49. The van der Waals surface area contributed by atoms with Crippen LogP contribution in [-0.2, 0) is 9.47 Å². The highest BCUT2D eigenvalue weighted by Crippen LogP contribution is 2.33. The molecule has 0 saturated carbocycles. The van der Waals surface area contributed by atoms with E-state index in [1.807, 2.05) is 55.6 Å². The van der Waals surface area contributed by atoms with Gasteiger partial charge in [-0.15, -0.1) is 0 Å². The zero-order valence-electron chi connectivity index (χ0n) is 24.4. The summed E-state index contributed by atoms with van der Waals surface area (Å²) in [6.45, 7) is 8.47. The van der Waals surface area contributed by atoms with E-state index in [4.69, 9.17) is 14.5 Å². The van der Waals surface area contributed by atoms with Crippen molar-refractivity contribution in [3.8, 4) is 11.3 Å². The van der Waals surface area contributed by atoms with Crippen LogP contribution >= 0.6 is 11.3 Å². The molecule has 1 atom stereocenters. The Kier molecular flexibility index (Phi) is 7.67. The first-order valence-electron chi connectivity index (χ1n) is 14.3. The van der Waals surface area contributed by atoms with Gasteiger partial charge in [-0.05, 0) is 89.6 Å². The number of hydrogen-bond donors (Lipinski definition) is 1. The number of hydrogen-bond acceptors (Lipinski definition) is 7. The van der Waals surface area contributed by atoms with Crippen LogP contribution < -0.4 is 5.32 Å². The number of carbonyl (C=O) groups excluding carboxylic acids is 2. The Labute approximate surface area is 248 Å². The van der Waals surface area contributed by atoms with E-state index in [0.717, 1.165) is 36.1 Å². The molecule has 0 radical (unpaired) electrons. The molecule has 42 heavy (non-hydrogen) atoms. The van der Waals surface area contributed by atoms with Crippen molar-refractivity contribution in [1.82, 2.24) is 24.5 Å². The molecule has 11 heteroatoms. The number of rotatable bonds is 4. The lowest BCUT2D eigenvalue weighted by molar-refractivity contribution is -0.0331.